The highest BCUT2D eigenvalue weighted by molar-refractivity contribution is 7.92. The standard InChI is InChI=1S/C16H22Cl2N2O3S/c1-24(22,23)20(15-10-12(17)8-9-14(15)18)11-16(21)19-13-6-4-2-3-5-7-13/h8-10,13H,2-7,11H2,1H3,(H,19,21). The van der Waals surface area contributed by atoms with Gasteiger partial charge in [0.15, 0.2) is 0 Å². The Morgan fingerprint density at radius 3 is 2.42 bits per heavy atom. The molecule has 1 aliphatic carbocycles. The van der Waals surface area contributed by atoms with E-state index >= 15 is 0 Å². The number of anilines is 1. The summed E-state index contributed by atoms with van der Waals surface area (Å²) in [5.74, 6) is -0.330. The summed E-state index contributed by atoms with van der Waals surface area (Å²) in [7, 11) is -3.67. The van der Waals surface area contributed by atoms with Crippen molar-refractivity contribution in [2.45, 2.75) is 44.6 Å². The molecule has 24 heavy (non-hydrogen) atoms. The Morgan fingerprint density at radius 2 is 1.83 bits per heavy atom. The van der Waals surface area contributed by atoms with Gasteiger partial charge in [-0.2, -0.15) is 0 Å². The van der Waals surface area contributed by atoms with Crippen molar-refractivity contribution < 1.29 is 13.2 Å². The molecule has 5 nitrogen and oxygen atoms in total. The highest BCUT2D eigenvalue weighted by Crippen LogP contribution is 2.30. The van der Waals surface area contributed by atoms with Gasteiger partial charge in [-0.05, 0) is 31.0 Å². The molecule has 1 aliphatic rings. The zero-order valence-corrected chi connectivity index (χ0v) is 15.9. The van der Waals surface area contributed by atoms with Crippen molar-refractivity contribution in [3.63, 3.8) is 0 Å². The Balaban J connectivity index is 2.14. The first-order chi connectivity index (χ1) is 11.3. The number of amides is 1. The van der Waals surface area contributed by atoms with Crippen LogP contribution >= 0.6 is 23.2 Å². The Hall–Kier alpha value is -0.980. The summed E-state index contributed by atoms with van der Waals surface area (Å²) in [6, 6.07) is 4.64. The van der Waals surface area contributed by atoms with Crippen LogP contribution in [0.1, 0.15) is 38.5 Å². The van der Waals surface area contributed by atoms with Crippen LogP contribution in [0.4, 0.5) is 5.69 Å². The lowest BCUT2D eigenvalue weighted by Crippen LogP contribution is -2.44. The van der Waals surface area contributed by atoms with E-state index in [4.69, 9.17) is 23.2 Å². The van der Waals surface area contributed by atoms with Crippen molar-refractivity contribution >= 4 is 44.8 Å². The van der Waals surface area contributed by atoms with Gasteiger partial charge in [0, 0.05) is 11.1 Å². The quantitative estimate of drug-likeness (QED) is 0.778. The topological polar surface area (TPSA) is 66.5 Å². The first kappa shape index (κ1) is 19.3. The third-order valence-corrected chi connectivity index (χ3v) is 5.77. The van der Waals surface area contributed by atoms with Crippen molar-refractivity contribution in [2.75, 3.05) is 17.1 Å². The van der Waals surface area contributed by atoms with E-state index in [1.165, 1.54) is 25.0 Å². The highest BCUT2D eigenvalue weighted by Gasteiger charge is 2.24. The van der Waals surface area contributed by atoms with Crippen molar-refractivity contribution in [1.29, 1.82) is 0 Å². The fraction of sp³-hybridized carbons (Fsp3) is 0.562. The lowest BCUT2D eigenvalue weighted by atomic mass is 10.1. The summed E-state index contributed by atoms with van der Waals surface area (Å²) in [5.41, 5.74) is 0.211. The van der Waals surface area contributed by atoms with Crippen LogP contribution in [0.25, 0.3) is 0 Å². The molecule has 0 spiro atoms. The number of carbonyl (C=O) groups excluding carboxylic acids is 1. The molecule has 1 amide bonds. The summed E-state index contributed by atoms with van der Waals surface area (Å²) >= 11 is 12.0. The largest absolute Gasteiger partial charge is 0.352 e. The van der Waals surface area contributed by atoms with E-state index in [2.05, 4.69) is 5.32 Å². The average molecular weight is 393 g/mol. The van der Waals surface area contributed by atoms with Crippen LogP contribution in [-0.2, 0) is 14.8 Å². The van der Waals surface area contributed by atoms with E-state index in [0.29, 0.717) is 5.02 Å². The molecule has 1 saturated carbocycles. The Bertz CT molecular complexity index is 687. The summed E-state index contributed by atoms with van der Waals surface area (Å²) in [6.45, 7) is -0.310. The Kier molecular flexibility index (Phi) is 6.78. The van der Waals surface area contributed by atoms with Crippen LogP contribution in [0.2, 0.25) is 10.0 Å². The highest BCUT2D eigenvalue weighted by atomic mass is 35.5. The molecule has 0 unspecified atom stereocenters. The molecule has 134 valence electrons. The van der Waals surface area contributed by atoms with Crippen LogP contribution in [-0.4, -0.2) is 33.2 Å². The second-order valence-electron chi connectivity index (χ2n) is 6.12. The second kappa shape index (κ2) is 8.41. The van der Waals surface area contributed by atoms with Crippen LogP contribution in [0, 0.1) is 0 Å². The normalized spacial score (nSPS) is 16.5. The maximum absolute atomic E-state index is 12.4. The number of nitrogens with zero attached hydrogens (tertiary/aromatic N) is 1. The van der Waals surface area contributed by atoms with Crippen molar-refractivity contribution in [3.05, 3.63) is 28.2 Å². The zero-order valence-electron chi connectivity index (χ0n) is 13.6. The third kappa shape index (κ3) is 5.53. The first-order valence-electron chi connectivity index (χ1n) is 7.99. The van der Waals surface area contributed by atoms with Gasteiger partial charge in [0.25, 0.3) is 0 Å². The molecular formula is C16H22Cl2N2O3S. The predicted octanol–water partition coefficient (Wildman–Crippen LogP) is 3.60. The minimum absolute atomic E-state index is 0.108. The predicted molar refractivity (Wildman–Crippen MR) is 98.3 cm³/mol. The maximum Gasteiger partial charge on any atom is 0.240 e. The summed E-state index contributed by atoms with van der Waals surface area (Å²) in [5, 5.41) is 3.53. The number of halogens is 2. The molecule has 2 rings (SSSR count). The number of hydrogen-bond donors (Lipinski definition) is 1. The van der Waals surface area contributed by atoms with Crippen LogP contribution in [0.5, 0.6) is 0 Å². The Labute approximate surface area is 153 Å². The smallest absolute Gasteiger partial charge is 0.240 e. The van der Waals surface area contributed by atoms with Gasteiger partial charge >= 0.3 is 0 Å². The molecule has 1 N–H and O–H groups in total. The minimum Gasteiger partial charge on any atom is -0.352 e. The van der Waals surface area contributed by atoms with Crippen molar-refractivity contribution in [1.82, 2.24) is 5.32 Å². The van der Waals surface area contributed by atoms with Gasteiger partial charge in [0.2, 0.25) is 15.9 Å². The van der Waals surface area contributed by atoms with Gasteiger partial charge in [-0.15, -0.1) is 0 Å². The van der Waals surface area contributed by atoms with E-state index in [1.807, 2.05) is 0 Å². The van der Waals surface area contributed by atoms with Crippen LogP contribution in [0.3, 0.4) is 0 Å². The number of nitrogens with one attached hydrogen (secondary N) is 1. The fourth-order valence-electron chi connectivity index (χ4n) is 2.89. The van der Waals surface area contributed by atoms with E-state index in [0.717, 1.165) is 36.2 Å². The zero-order chi connectivity index (χ0) is 17.7. The number of hydrogen-bond acceptors (Lipinski definition) is 3. The minimum atomic E-state index is -3.67. The molecule has 0 heterocycles. The molecule has 0 radical (unpaired) electrons. The molecule has 1 aromatic carbocycles. The van der Waals surface area contributed by atoms with Crippen LogP contribution in [0.15, 0.2) is 18.2 Å². The van der Waals surface area contributed by atoms with E-state index in [9.17, 15) is 13.2 Å². The fourth-order valence-corrected chi connectivity index (χ4v) is 4.18. The van der Waals surface area contributed by atoms with Gasteiger partial charge in [0.1, 0.15) is 6.54 Å². The molecule has 0 atom stereocenters. The van der Waals surface area contributed by atoms with E-state index in [-0.39, 0.29) is 29.2 Å². The third-order valence-electron chi connectivity index (χ3n) is 4.08. The Morgan fingerprint density at radius 1 is 1.21 bits per heavy atom. The summed E-state index contributed by atoms with van der Waals surface area (Å²) < 4.78 is 25.2. The second-order valence-corrected chi connectivity index (χ2v) is 8.87. The lowest BCUT2D eigenvalue weighted by Gasteiger charge is -2.24. The molecule has 0 aliphatic heterocycles. The monoisotopic (exact) mass is 392 g/mol. The summed E-state index contributed by atoms with van der Waals surface area (Å²) in [6.07, 6.45) is 7.44. The van der Waals surface area contributed by atoms with Gasteiger partial charge in [-0.3, -0.25) is 9.10 Å². The van der Waals surface area contributed by atoms with E-state index < -0.39 is 10.0 Å². The van der Waals surface area contributed by atoms with Crippen molar-refractivity contribution in [2.24, 2.45) is 0 Å². The van der Waals surface area contributed by atoms with Gasteiger partial charge in [-0.25, -0.2) is 8.42 Å². The number of carbonyl (C=O) groups is 1. The van der Waals surface area contributed by atoms with Gasteiger partial charge in [0.05, 0.1) is 17.0 Å². The molecule has 0 bridgehead atoms. The molecular weight excluding hydrogens is 371 g/mol. The van der Waals surface area contributed by atoms with E-state index in [1.54, 1.807) is 6.07 Å². The van der Waals surface area contributed by atoms with Crippen LogP contribution < -0.4 is 9.62 Å². The van der Waals surface area contributed by atoms with Crippen molar-refractivity contribution in [3.8, 4) is 0 Å². The number of benzene rings is 1. The molecule has 0 saturated heterocycles. The first-order valence-corrected chi connectivity index (χ1v) is 10.6. The molecule has 8 heteroatoms. The van der Waals surface area contributed by atoms with Gasteiger partial charge in [-0.1, -0.05) is 48.9 Å². The maximum atomic E-state index is 12.4. The lowest BCUT2D eigenvalue weighted by molar-refractivity contribution is -0.120. The molecule has 1 fully saturated rings. The average Bonchev–Trinajstić information content (AvgIpc) is 2.75. The SMILES string of the molecule is CS(=O)(=O)N(CC(=O)NC1CCCCCC1)c1cc(Cl)ccc1Cl. The number of sulfonamides is 1. The molecule has 1 aromatic rings. The van der Waals surface area contributed by atoms with Gasteiger partial charge < -0.3 is 5.32 Å². The number of rotatable bonds is 5. The summed E-state index contributed by atoms with van der Waals surface area (Å²) in [4.78, 5) is 12.4. The molecule has 0 aromatic heterocycles.